The summed E-state index contributed by atoms with van der Waals surface area (Å²) in [5, 5.41) is 5.83. The minimum Gasteiger partial charge on any atom is -0.349 e. The average Bonchev–Trinajstić information content (AvgIpc) is 3.58. The van der Waals surface area contributed by atoms with Crippen molar-refractivity contribution in [2.75, 3.05) is 38.0 Å². The van der Waals surface area contributed by atoms with Gasteiger partial charge in [0.1, 0.15) is 0 Å². The van der Waals surface area contributed by atoms with Crippen LogP contribution in [0.4, 0.5) is 5.69 Å². The van der Waals surface area contributed by atoms with E-state index < -0.39 is 0 Å². The molecule has 1 heterocycles. The van der Waals surface area contributed by atoms with Crippen molar-refractivity contribution in [3.05, 3.63) is 65.7 Å². The molecule has 1 saturated carbocycles. The first-order valence-corrected chi connectivity index (χ1v) is 10.4. The fourth-order valence-corrected chi connectivity index (χ4v) is 3.55. The van der Waals surface area contributed by atoms with Gasteiger partial charge in [-0.2, -0.15) is 0 Å². The minimum absolute atomic E-state index is 0.0234. The van der Waals surface area contributed by atoms with Gasteiger partial charge in [-0.05, 0) is 37.1 Å². The summed E-state index contributed by atoms with van der Waals surface area (Å²) in [4.78, 5) is 41.3. The molecule has 2 aromatic rings. The normalized spacial score (nSPS) is 16.7. The summed E-state index contributed by atoms with van der Waals surface area (Å²) in [6, 6.07) is 16.6. The highest BCUT2D eigenvalue weighted by Gasteiger charge is 2.26. The van der Waals surface area contributed by atoms with Gasteiger partial charge in [-0.15, -0.1) is 0 Å². The van der Waals surface area contributed by atoms with E-state index in [-0.39, 0.29) is 30.3 Å². The first kappa shape index (κ1) is 20.1. The molecule has 2 aliphatic rings. The molecule has 0 spiro atoms. The molecule has 0 bridgehead atoms. The third-order valence-electron chi connectivity index (χ3n) is 5.41. The Morgan fingerprint density at radius 2 is 1.53 bits per heavy atom. The number of nitrogens with one attached hydrogen (secondary N) is 2. The van der Waals surface area contributed by atoms with Gasteiger partial charge in [-0.25, -0.2) is 0 Å². The molecule has 2 N–H and O–H groups in total. The highest BCUT2D eigenvalue weighted by Crippen LogP contribution is 2.21. The Hall–Kier alpha value is -3.19. The number of nitrogens with zero attached hydrogens (tertiary/aromatic N) is 2. The van der Waals surface area contributed by atoms with Crippen LogP contribution in [0.3, 0.4) is 0 Å². The van der Waals surface area contributed by atoms with Crippen molar-refractivity contribution in [1.29, 1.82) is 0 Å². The molecule has 156 valence electrons. The summed E-state index contributed by atoms with van der Waals surface area (Å²) < 4.78 is 0. The molecule has 30 heavy (non-hydrogen) atoms. The zero-order valence-corrected chi connectivity index (χ0v) is 16.8. The van der Waals surface area contributed by atoms with E-state index in [1.54, 1.807) is 24.3 Å². The number of anilines is 1. The van der Waals surface area contributed by atoms with Crippen LogP contribution in [-0.2, 0) is 4.79 Å². The molecule has 7 nitrogen and oxygen atoms in total. The third kappa shape index (κ3) is 5.04. The number of carbonyl (C=O) groups excluding carboxylic acids is 3. The number of amides is 3. The first-order valence-electron chi connectivity index (χ1n) is 10.4. The molecule has 0 unspecified atom stereocenters. The van der Waals surface area contributed by atoms with Crippen LogP contribution in [0.5, 0.6) is 0 Å². The quantitative estimate of drug-likeness (QED) is 0.769. The molecule has 1 aliphatic carbocycles. The molecule has 1 saturated heterocycles. The molecular formula is C23H26N4O3. The van der Waals surface area contributed by atoms with Crippen molar-refractivity contribution in [1.82, 2.24) is 15.1 Å². The largest absolute Gasteiger partial charge is 0.349 e. The zero-order chi connectivity index (χ0) is 20.9. The molecule has 1 aliphatic heterocycles. The lowest BCUT2D eigenvalue weighted by Crippen LogP contribution is -2.50. The molecular weight excluding hydrogens is 380 g/mol. The summed E-state index contributed by atoms with van der Waals surface area (Å²) in [5.74, 6) is -0.291. The summed E-state index contributed by atoms with van der Waals surface area (Å²) in [7, 11) is 0. The van der Waals surface area contributed by atoms with Gasteiger partial charge >= 0.3 is 0 Å². The van der Waals surface area contributed by atoms with Crippen LogP contribution < -0.4 is 10.6 Å². The smallest absolute Gasteiger partial charge is 0.253 e. The van der Waals surface area contributed by atoms with Crippen molar-refractivity contribution < 1.29 is 14.4 Å². The molecule has 2 aromatic carbocycles. The highest BCUT2D eigenvalue weighted by molar-refractivity contribution is 6.04. The van der Waals surface area contributed by atoms with E-state index in [9.17, 15) is 14.4 Å². The number of carbonyl (C=O) groups is 3. The Morgan fingerprint density at radius 1 is 0.867 bits per heavy atom. The number of rotatable bonds is 6. The molecule has 0 aromatic heterocycles. The minimum atomic E-state index is -0.162. The van der Waals surface area contributed by atoms with Crippen molar-refractivity contribution >= 4 is 23.4 Å². The summed E-state index contributed by atoms with van der Waals surface area (Å²) in [6.45, 7) is 2.67. The van der Waals surface area contributed by atoms with Crippen LogP contribution in [-0.4, -0.2) is 66.3 Å². The van der Waals surface area contributed by atoms with Gasteiger partial charge in [0.25, 0.3) is 11.8 Å². The Balaban J connectivity index is 1.28. The van der Waals surface area contributed by atoms with Crippen LogP contribution in [0.2, 0.25) is 0 Å². The monoisotopic (exact) mass is 406 g/mol. The van der Waals surface area contributed by atoms with Gasteiger partial charge in [0.15, 0.2) is 0 Å². The molecule has 3 amide bonds. The predicted molar refractivity (Wildman–Crippen MR) is 114 cm³/mol. The summed E-state index contributed by atoms with van der Waals surface area (Å²) >= 11 is 0. The van der Waals surface area contributed by atoms with Gasteiger partial charge < -0.3 is 15.5 Å². The standard InChI is InChI=1S/C23H26N4O3/c28-21(25-20-9-5-4-8-19(20)22(29)24-18-10-11-18)16-26-12-14-27(15-13-26)23(30)17-6-2-1-3-7-17/h1-9,18H,10-16H2,(H,24,29)(H,25,28). The van der Waals surface area contributed by atoms with E-state index in [0.29, 0.717) is 43.0 Å². The Labute approximate surface area is 176 Å². The van der Waals surface area contributed by atoms with Crippen molar-refractivity contribution in [3.63, 3.8) is 0 Å². The lowest BCUT2D eigenvalue weighted by atomic mass is 10.1. The zero-order valence-electron chi connectivity index (χ0n) is 16.8. The Bertz CT molecular complexity index is 919. The Kier molecular flexibility index (Phi) is 6.09. The molecule has 2 fully saturated rings. The molecule has 0 atom stereocenters. The second kappa shape index (κ2) is 9.09. The van der Waals surface area contributed by atoms with Gasteiger partial charge in [0, 0.05) is 37.8 Å². The van der Waals surface area contributed by atoms with E-state index in [4.69, 9.17) is 0 Å². The van der Waals surface area contributed by atoms with Crippen molar-refractivity contribution in [2.45, 2.75) is 18.9 Å². The van der Waals surface area contributed by atoms with Crippen molar-refractivity contribution in [3.8, 4) is 0 Å². The van der Waals surface area contributed by atoms with Crippen LogP contribution in [0.1, 0.15) is 33.6 Å². The maximum Gasteiger partial charge on any atom is 0.253 e. The van der Waals surface area contributed by atoms with Crippen LogP contribution in [0, 0.1) is 0 Å². The summed E-state index contributed by atoms with van der Waals surface area (Å²) in [6.07, 6.45) is 2.03. The number of para-hydroxylation sites is 1. The predicted octanol–water partition coefficient (Wildman–Crippen LogP) is 1.98. The number of piperazine rings is 1. The average molecular weight is 406 g/mol. The van der Waals surface area contributed by atoms with E-state index in [1.807, 2.05) is 40.1 Å². The first-order chi connectivity index (χ1) is 14.6. The lowest BCUT2D eigenvalue weighted by molar-refractivity contribution is -0.117. The second-order valence-electron chi connectivity index (χ2n) is 7.78. The topological polar surface area (TPSA) is 81.8 Å². The third-order valence-corrected chi connectivity index (χ3v) is 5.41. The SMILES string of the molecule is O=C(CN1CCN(C(=O)c2ccccc2)CC1)Nc1ccccc1C(=O)NC1CC1. The maximum absolute atomic E-state index is 12.6. The highest BCUT2D eigenvalue weighted by atomic mass is 16.2. The maximum atomic E-state index is 12.6. The van der Waals surface area contributed by atoms with E-state index >= 15 is 0 Å². The second-order valence-corrected chi connectivity index (χ2v) is 7.78. The number of hydrogen-bond acceptors (Lipinski definition) is 4. The van der Waals surface area contributed by atoms with Crippen LogP contribution in [0.15, 0.2) is 54.6 Å². The fourth-order valence-electron chi connectivity index (χ4n) is 3.55. The van der Waals surface area contributed by atoms with E-state index in [1.165, 1.54) is 0 Å². The van der Waals surface area contributed by atoms with Gasteiger partial charge in [0.2, 0.25) is 5.91 Å². The fraction of sp³-hybridized carbons (Fsp3) is 0.348. The van der Waals surface area contributed by atoms with Gasteiger partial charge in [0.05, 0.1) is 17.8 Å². The summed E-state index contributed by atoms with van der Waals surface area (Å²) in [5.41, 5.74) is 1.69. The van der Waals surface area contributed by atoms with E-state index in [0.717, 1.165) is 12.8 Å². The molecule has 4 rings (SSSR count). The van der Waals surface area contributed by atoms with Crippen molar-refractivity contribution in [2.24, 2.45) is 0 Å². The Morgan fingerprint density at radius 3 is 2.23 bits per heavy atom. The number of benzene rings is 2. The lowest BCUT2D eigenvalue weighted by Gasteiger charge is -2.34. The number of hydrogen-bond donors (Lipinski definition) is 2. The van der Waals surface area contributed by atoms with Crippen LogP contribution in [0.25, 0.3) is 0 Å². The molecule has 7 heteroatoms. The van der Waals surface area contributed by atoms with Crippen LogP contribution >= 0.6 is 0 Å². The van der Waals surface area contributed by atoms with Gasteiger partial charge in [-0.1, -0.05) is 30.3 Å². The van der Waals surface area contributed by atoms with E-state index in [2.05, 4.69) is 10.6 Å². The molecule has 0 radical (unpaired) electrons. The van der Waals surface area contributed by atoms with Gasteiger partial charge in [-0.3, -0.25) is 19.3 Å².